The van der Waals surface area contributed by atoms with E-state index in [0.717, 1.165) is 31.7 Å². The van der Waals surface area contributed by atoms with Crippen LogP contribution in [0.25, 0.3) is 0 Å². The molecule has 2 fully saturated rings. The highest BCUT2D eigenvalue weighted by atomic mass is 16.2. The van der Waals surface area contributed by atoms with E-state index in [9.17, 15) is 9.59 Å². The molecule has 5 heteroatoms. The Hall–Kier alpha value is -2.82. The molecule has 0 spiro atoms. The maximum Gasteiger partial charge on any atom is 0.253 e. The summed E-state index contributed by atoms with van der Waals surface area (Å²) in [5.41, 5.74) is 3.85. The van der Waals surface area contributed by atoms with Gasteiger partial charge in [0.05, 0.1) is 0 Å². The van der Waals surface area contributed by atoms with E-state index >= 15 is 0 Å². The molecule has 0 aliphatic carbocycles. The fourth-order valence-electron chi connectivity index (χ4n) is 4.19. The van der Waals surface area contributed by atoms with Gasteiger partial charge in [0.25, 0.3) is 5.91 Å². The van der Waals surface area contributed by atoms with Crippen molar-refractivity contribution in [3.05, 3.63) is 59.7 Å². The van der Waals surface area contributed by atoms with Crippen molar-refractivity contribution in [2.45, 2.75) is 32.2 Å². The van der Waals surface area contributed by atoms with Crippen molar-refractivity contribution in [1.29, 1.82) is 0 Å². The van der Waals surface area contributed by atoms with Crippen LogP contribution in [0.4, 0.5) is 11.4 Å². The Kier molecular flexibility index (Phi) is 5.33. The van der Waals surface area contributed by atoms with Crippen LogP contribution in [0.5, 0.6) is 0 Å². The van der Waals surface area contributed by atoms with Crippen LogP contribution in [0.2, 0.25) is 0 Å². The number of hydrogen-bond acceptors (Lipinski definition) is 3. The first-order chi connectivity index (χ1) is 13.6. The molecule has 0 atom stereocenters. The van der Waals surface area contributed by atoms with Crippen molar-refractivity contribution in [3.63, 3.8) is 0 Å². The zero-order valence-corrected chi connectivity index (χ0v) is 16.4. The Labute approximate surface area is 166 Å². The summed E-state index contributed by atoms with van der Waals surface area (Å²) in [6.45, 7) is 3.47. The van der Waals surface area contributed by atoms with E-state index < -0.39 is 0 Å². The molecule has 2 heterocycles. The summed E-state index contributed by atoms with van der Waals surface area (Å²) < 4.78 is 0. The molecule has 5 nitrogen and oxygen atoms in total. The van der Waals surface area contributed by atoms with Gasteiger partial charge < -0.3 is 14.7 Å². The fraction of sp³-hybridized carbons (Fsp3) is 0.391. The molecule has 0 bridgehead atoms. The summed E-state index contributed by atoms with van der Waals surface area (Å²) in [5.74, 6) is 0.113. The Balaban J connectivity index is 1.51. The normalized spacial score (nSPS) is 16.7. The molecule has 0 aromatic heterocycles. The van der Waals surface area contributed by atoms with Gasteiger partial charge in [0.1, 0.15) is 0 Å². The van der Waals surface area contributed by atoms with Gasteiger partial charge in [0, 0.05) is 56.6 Å². The Morgan fingerprint density at radius 3 is 2.54 bits per heavy atom. The first kappa shape index (κ1) is 18.5. The number of anilines is 2. The van der Waals surface area contributed by atoms with E-state index in [0.29, 0.717) is 18.5 Å². The zero-order valence-electron chi connectivity index (χ0n) is 16.4. The molecule has 2 amide bonds. The van der Waals surface area contributed by atoms with Crippen LogP contribution >= 0.6 is 0 Å². The molecule has 4 rings (SSSR count). The molecular weight excluding hydrogens is 350 g/mol. The molecule has 28 heavy (non-hydrogen) atoms. The first-order valence-electron chi connectivity index (χ1n) is 10.1. The number of hydrogen-bond donors (Lipinski definition) is 0. The van der Waals surface area contributed by atoms with E-state index in [-0.39, 0.29) is 11.8 Å². The number of carbonyl (C=O) groups excluding carboxylic acids is 2. The largest absolute Gasteiger partial charge is 0.371 e. The van der Waals surface area contributed by atoms with Crippen LogP contribution in [0.1, 0.15) is 41.6 Å². The van der Waals surface area contributed by atoms with E-state index in [1.165, 1.54) is 24.1 Å². The second-order valence-corrected chi connectivity index (χ2v) is 7.68. The van der Waals surface area contributed by atoms with Crippen LogP contribution < -0.4 is 9.80 Å². The molecule has 0 saturated carbocycles. The van der Waals surface area contributed by atoms with Crippen molar-refractivity contribution >= 4 is 23.2 Å². The van der Waals surface area contributed by atoms with Crippen LogP contribution in [0.3, 0.4) is 0 Å². The van der Waals surface area contributed by atoms with E-state index in [4.69, 9.17) is 0 Å². The second kappa shape index (κ2) is 8.05. The number of para-hydroxylation sites is 1. The van der Waals surface area contributed by atoms with Gasteiger partial charge >= 0.3 is 0 Å². The minimum absolute atomic E-state index is 0.0234. The highest BCUT2D eigenvalue weighted by Gasteiger charge is 2.23. The smallest absolute Gasteiger partial charge is 0.253 e. The third-order valence-electron chi connectivity index (χ3n) is 5.67. The molecule has 2 aliphatic heterocycles. The Morgan fingerprint density at radius 2 is 1.79 bits per heavy atom. The summed E-state index contributed by atoms with van der Waals surface area (Å²) in [4.78, 5) is 31.0. The molecule has 2 aromatic rings. The van der Waals surface area contributed by atoms with Crippen LogP contribution in [0.15, 0.2) is 48.5 Å². The van der Waals surface area contributed by atoms with Gasteiger partial charge in [-0.1, -0.05) is 24.3 Å². The molecule has 2 aromatic carbocycles. The average Bonchev–Trinajstić information content (AvgIpc) is 3.40. The Morgan fingerprint density at radius 1 is 1.00 bits per heavy atom. The number of rotatable bonds is 5. The lowest BCUT2D eigenvalue weighted by Gasteiger charge is -2.25. The van der Waals surface area contributed by atoms with Gasteiger partial charge in [-0.25, -0.2) is 0 Å². The number of nitrogens with zero attached hydrogens (tertiary/aromatic N) is 3. The minimum Gasteiger partial charge on any atom is -0.371 e. The third-order valence-corrected chi connectivity index (χ3v) is 5.67. The van der Waals surface area contributed by atoms with Crippen molar-refractivity contribution in [3.8, 4) is 0 Å². The van der Waals surface area contributed by atoms with Crippen LogP contribution in [-0.2, 0) is 11.3 Å². The van der Waals surface area contributed by atoms with Crippen LogP contribution in [-0.4, -0.2) is 43.4 Å². The second-order valence-electron chi connectivity index (χ2n) is 7.68. The van der Waals surface area contributed by atoms with E-state index in [1.54, 1.807) is 9.80 Å². The van der Waals surface area contributed by atoms with Gasteiger partial charge in [0.2, 0.25) is 5.91 Å². The lowest BCUT2D eigenvalue weighted by atomic mass is 10.1. The lowest BCUT2D eigenvalue weighted by Crippen LogP contribution is -2.28. The van der Waals surface area contributed by atoms with Gasteiger partial charge in [-0.2, -0.15) is 0 Å². The van der Waals surface area contributed by atoms with Crippen molar-refractivity contribution in [2.24, 2.45) is 0 Å². The third kappa shape index (κ3) is 3.75. The quantitative estimate of drug-likeness (QED) is 0.798. The topological polar surface area (TPSA) is 43.9 Å². The number of amides is 2. The summed E-state index contributed by atoms with van der Waals surface area (Å²) in [5, 5.41) is 0. The maximum atomic E-state index is 13.0. The standard InChI is InChI=1S/C23H27N3O2/c1-24(17-19-8-2-3-11-21(19)25-13-4-5-14-25)23(28)18-9-6-10-20(16-18)26-15-7-12-22(26)27/h2-3,6,8-11,16H,4-5,7,12-15,17H2,1H3. The van der Waals surface area contributed by atoms with Gasteiger partial charge in [0.15, 0.2) is 0 Å². The summed E-state index contributed by atoms with van der Waals surface area (Å²) in [7, 11) is 1.84. The molecule has 0 unspecified atom stereocenters. The van der Waals surface area contributed by atoms with Crippen molar-refractivity contribution in [2.75, 3.05) is 36.5 Å². The highest BCUT2D eigenvalue weighted by Crippen LogP contribution is 2.26. The van der Waals surface area contributed by atoms with Gasteiger partial charge in [-0.05, 0) is 49.1 Å². The molecule has 2 aliphatic rings. The van der Waals surface area contributed by atoms with E-state index in [2.05, 4.69) is 23.1 Å². The lowest BCUT2D eigenvalue weighted by molar-refractivity contribution is -0.117. The predicted molar refractivity (Wildman–Crippen MR) is 112 cm³/mol. The van der Waals surface area contributed by atoms with Crippen LogP contribution in [0, 0.1) is 0 Å². The molecule has 0 radical (unpaired) electrons. The minimum atomic E-state index is -0.0234. The van der Waals surface area contributed by atoms with E-state index in [1.807, 2.05) is 37.4 Å². The average molecular weight is 377 g/mol. The highest BCUT2D eigenvalue weighted by molar-refractivity contribution is 5.99. The molecule has 2 saturated heterocycles. The van der Waals surface area contributed by atoms with Gasteiger partial charge in [-0.15, -0.1) is 0 Å². The molecule has 146 valence electrons. The first-order valence-corrected chi connectivity index (χ1v) is 10.1. The SMILES string of the molecule is CN(Cc1ccccc1N1CCCC1)C(=O)c1cccc(N2CCCC2=O)c1. The van der Waals surface area contributed by atoms with Crippen molar-refractivity contribution < 1.29 is 9.59 Å². The molecular formula is C23H27N3O2. The predicted octanol–water partition coefficient (Wildman–Crippen LogP) is 3.69. The molecule has 0 N–H and O–H groups in total. The summed E-state index contributed by atoms with van der Waals surface area (Å²) >= 11 is 0. The summed E-state index contributed by atoms with van der Waals surface area (Å²) in [6.07, 6.45) is 3.92. The summed E-state index contributed by atoms with van der Waals surface area (Å²) in [6, 6.07) is 15.8. The maximum absolute atomic E-state index is 13.0. The fourth-order valence-corrected chi connectivity index (χ4v) is 4.19. The number of benzene rings is 2. The number of carbonyl (C=O) groups is 2. The monoisotopic (exact) mass is 377 g/mol. The van der Waals surface area contributed by atoms with Crippen molar-refractivity contribution in [1.82, 2.24) is 4.90 Å². The Bertz CT molecular complexity index is 874. The van der Waals surface area contributed by atoms with Gasteiger partial charge in [-0.3, -0.25) is 9.59 Å². The zero-order chi connectivity index (χ0) is 19.5.